The molecule has 21 heavy (non-hydrogen) atoms. The van der Waals surface area contributed by atoms with Crippen LogP contribution in [-0.4, -0.2) is 27.1 Å². The monoisotopic (exact) mass is 327 g/mol. The van der Waals surface area contributed by atoms with E-state index in [1.54, 1.807) is 13.8 Å². The molecule has 0 spiro atoms. The first-order valence-electron chi connectivity index (χ1n) is 5.86. The molecule has 0 aliphatic carbocycles. The normalized spacial score (nSPS) is 13.0. The van der Waals surface area contributed by atoms with E-state index in [2.05, 4.69) is 4.74 Å². The van der Waals surface area contributed by atoms with E-state index in [4.69, 9.17) is 9.88 Å². The maximum atomic E-state index is 12.2. The zero-order valence-electron chi connectivity index (χ0n) is 11.5. The van der Waals surface area contributed by atoms with Gasteiger partial charge in [0.25, 0.3) is 0 Å². The second-order valence-electron chi connectivity index (χ2n) is 5.25. The molecule has 0 aliphatic heterocycles. The summed E-state index contributed by atoms with van der Waals surface area (Å²) in [4.78, 5) is 0. The van der Waals surface area contributed by atoms with E-state index in [1.807, 2.05) is 0 Å². The first-order chi connectivity index (χ1) is 9.38. The van der Waals surface area contributed by atoms with Crippen molar-refractivity contribution in [2.24, 2.45) is 10.6 Å². The summed E-state index contributed by atoms with van der Waals surface area (Å²) in [6.45, 7) is 3.01. The maximum Gasteiger partial charge on any atom is 0.573 e. The number of primary sulfonamides is 1. The van der Waals surface area contributed by atoms with Gasteiger partial charge in [0.1, 0.15) is 0 Å². The Kier molecular flexibility index (Phi) is 5.11. The molecule has 0 aromatic heterocycles. The van der Waals surface area contributed by atoms with Crippen LogP contribution in [0, 0.1) is 5.41 Å². The lowest BCUT2D eigenvalue weighted by molar-refractivity contribution is -0.275. The van der Waals surface area contributed by atoms with Crippen LogP contribution in [0.3, 0.4) is 0 Å². The van der Waals surface area contributed by atoms with Crippen molar-refractivity contribution in [3.63, 3.8) is 0 Å². The summed E-state index contributed by atoms with van der Waals surface area (Å²) in [5, 5.41) is 4.95. The highest BCUT2D eigenvalue weighted by Crippen LogP contribution is 2.33. The van der Waals surface area contributed by atoms with Crippen LogP contribution < -0.4 is 14.6 Å². The van der Waals surface area contributed by atoms with E-state index in [0.717, 1.165) is 6.07 Å². The molecule has 9 heteroatoms. The van der Waals surface area contributed by atoms with Crippen molar-refractivity contribution in [1.29, 1.82) is 0 Å². The van der Waals surface area contributed by atoms with Crippen LogP contribution in [0.5, 0.6) is 11.5 Å². The minimum atomic E-state index is -4.84. The first-order valence-corrected chi connectivity index (χ1v) is 7.58. The average molecular weight is 327 g/mol. The molecule has 0 radical (unpaired) electrons. The van der Waals surface area contributed by atoms with Gasteiger partial charge in [-0.15, -0.1) is 13.2 Å². The SMILES string of the molecule is CC(C)(COc1ccccc1OC(F)(F)F)CS(N)(=O)=O. The Morgan fingerprint density at radius 1 is 1.14 bits per heavy atom. The summed E-state index contributed by atoms with van der Waals surface area (Å²) in [5.41, 5.74) is -0.862. The van der Waals surface area contributed by atoms with Crippen LogP contribution in [-0.2, 0) is 10.0 Å². The summed E-state index contributed by atoms with van der Waals surface area (Å²) in [5.74, 6) is -0.976. The number of rotatable bonds is 6. The van der Waals surface area contributed by atoms with Gasteiger partial charge in [0.2, 0.25) is 10.0 Å². The lowest BCUT2D eigenvalue weighted by Gasteiger charge is -2.24. The Hall–Kier alpha value is -1.48. The number of hydrogen-bond acceptors (Lipinski definition) is 4. The molecular formula is C12H16F3NO4S. The van der Waals surface area contributed by atoms with Gasteiger partial charge in [-0.3, -0.25) is 0 Å². The van der Waals surface area contributed by atoms with E-state index in [9.17, 15) is 21.6 Å². The second-order valence-corrected chi connectivity index (χ2v) is 6.87. The van der Waals surface area contributed by atoms with Crippen molar-refractivity contribution in [2.45, 2.75) is 20.2 Å². The van der Waals surface area contributed by atoms with Crippen molar-refractivity contribution < 1.29 is 31.1 Å². The average Bonchev–Trinajstić information content (AvgIpc) is 2.22. The number of halogens is 3. The Balaban J connectivity index is 2.80. The van der Waals surface area contributed by atoms with Crippen molar-refractivity contribution in [3.8, 4) is 11.5 Å². The Morgan fingerprint density at radius 3 is 2.14 bits per heavy atom. The minimum Gasteiger partial charge on any atom is -0.489 e. The third-order valence-corrected chi connectivity index (χ3v) is 3.47. The van der Waals surface area contributed by atoms with Gasteiger partial charge in [0.15, 0.2) is 11.5 Å². The molecule has 1 aromatic rings. The maximum absolute atomic E-state index is 12.2. The molecule has 0 bridgehead atoms. The van der Waals surface area contributed by atoms with Gasteiger partial charge < -0.3 is 9.47 Å². The quantitative estimate of drug-likeness (QED) is 0.869. The third-order valence-electron chi connectivity index (χ3n) is 2.29. The van der Waals surface area contributed by atoms with E-state index in [1.165, 1.54) is 18.2 Å². The molecule has 1 aromatic carbocycles. The summed E-state index contributed by atoms with van der Waals surface area (Å²) < 4.78 is 67.9. The number of nitrogens with two attached hydrogens (primary N) is 1. The van der Waals surface area contributed by atoms with E-state index in [-0.39, 0.29) is 18.1 Å². The molecule has 0 heterocycles. The molecular weight excluding hydrogens is 311 g/mol. The van der Waals surface area contributed by atoms with Crippen LogP contribution in [0.4, 0.5) is 13.2 Å². The highest BCUT2D eigenvalue weighted by molar-refractivity contribution is 7.89. The van der Waals surface area contributed by atoms with Crippen LogP contribution >= 0.6 is 0 Å². The van der Waals surface area contributed by atoms with Crippen molar-refractivity contribution in [2.75, 3.05) is 12.4 Å². The van der Waals surface area contributed by atoms with Gasteiger partial charge in [-0.25, -0.2) is 13.6 Å². The smallest absolute Gasteiger partial charge is 0.489 e. The van der Waals surface area contributed by atoms with Crippen LogP contribution in [0.25, 0.3) is 0 Å². The van der Waals surface area contributed by atoms with E-state index >= 15 is 0 Å². The zero-order valence-corrected chi connectivity index (χ0v) is 12.3. The van der Waals surface area contributed by atoms with Crippen molar-refractivity contribution in [3.05, 3.63) is 24.3 Å². The van der Waals surface area contributed by atoms with Crippen LogP contribution in [0.1, 0.15) is 13.8 Å². The largest absolute Gasteiger partial charge is 0.573 e. The van der Waals surface area contributed by atoms with Crippen LogP contribution in [0.2, 0.25) is 0 Å². The topological polar surface area (TPSA) is 78.6 Å². The summed E-state index contributed by atoms with van der Waals surface area (Å²) >= 11 is 0. The molecule has 0 saturated carbocycles. The second kappa shape index (κ2) is 6.10. The predicted octanol–water partition coefficient (Wildman–Crippen LogP) is 2.28. The molecule has 2 N–H and O–H groups in total. The van der Waals surface area contributed by atoms with Crippen molar-refractivity contribution in [1.82, 2.24) is 0 Å². The zero-order chi connectivity index (χ0) is 16.3. The molecule has 0 atom stereocenters. The number of para-hydroxylation sites is 2. The van der Waals surface area contributed by atoms with Gasteiger partial charge >= 0.3 is 6.36 Å². The van der Waals surface area contributed by atoms with Crippen molar-refractivity contribution >= 4 is 10.0 Å². The fraction of sp³-hybridized carbons (Fsp3) is 0.500. The Bertz CT molecular complexity index is 584. The highest BCUT2D eigenvalue weighted by atomic mass is 32.2. The number of ether oxygens (including phenoxy) is 2. The number of hydrogen-bond donors (Lipinski definition) is 1. The Morgan fingerprint density at radius 2 is 1.67 bits per heavy atom. The summed E-state index contributed by atoms with van der Waals surface area (Å²) in [6.07, 6.45) is -4.84. The number of alkyl halides is 3. The molecule has 120 valence electrons. The predicted molar refractivity (Wildman–Crippen MR) is 70.4 cm³/mol. The van der Waals surface area contributed by atoms with Gasteiger partial charge in [0, 0.05) is 5.41 Å². The molecule has 0 saturated heterocycles. The third kappa shape index (κ3) is 7.19. The fourth-order valence-corrected chi connectivity index (χ4v) is 2.81. The molecule has 0 fully saturated rings. The highest BCUT2D eigenvalue weighted by Gasteiger charge is 2.33. The molecule has 0 unspecified atom stereocenters. The first kappa shape index (κ1) is 17.6. The number of sulfonamides is 1. The molecule has 0 aliphatic rings. The van der Waals surface area contributed by atoms with Gasteiger partial charge in [0.05, 0.1) is 12.4 Å². The lowest BCUT2D eigenvalue weighted by atomic mass is 9.98. The molecule has 5 nitrogen and oxygen atoms in total. The van der Waals surface area contributed by atoms with E-state index < -0.39 is 27.6 Å². The Labute approximate surface area is 120 Å². The van der Waals surface area contributed by atoms with Gasteiger partial charge in [-0.05, 0) is 12.1 Å². The van der Waals surface area contributed by atoms with Crippen LogP contribution in [0.15, 0.2) is 24.3 Å². The van der Waals surface area contributed by atoms with E-state index in [0.29, 0.717) is 0 Å². The molecule has 1 rings (SSSR count). The fourth-order valence-electron chi connectivity index (χ4n) is 1.64. The molecule has 0 amide bonds. The lowest BCUT2D eigenvalue weighted by Crippen LogP contribution is -2.33. The number of benzene rings is 1. The van der Waals surface area contributed by atoms with Gasteiger partial charge in [-0.1, -0.05) is 26.0 Å². The summed E-state index contributed by atoms with van der Waals surface area (Å²) in [6, 6.07) is 5.25. The summed E-state index contributed by atoms with van der Waals surface area (Å²) in [7, 11) is -3.72. The standard InChI is InChI=1S/C12H16F3NO4S/c1-11(2,8-21(16,17)18)7-19-9-5-3-4-6-10(9)20-12(13,14)15/h3-6H,7-8H2,1-2H3,(H2,16,17,18). The minimum absolute atomic E-state index is 0.127. The van der Waals surface area contributed by atoms with Gasteiger partial charge in [-0.2, -0.15) is 0 Å².